The molecule has 1 unspecified atom stereocenters. The van der Waals surface area contributed by atoms with Crippen LogP contribution in [0.15, 0.2) is 36.5 Å². The third kappa shape index (κ3) is 4.05. The maximum atomic E-state index is 13.1. The molecular formula is C17H20FN5O. The van der Waals surface area contributed by atoms with Gasteiger partial charge in [0.2, 0.25) is 5.91 Å². The summed E-state index contributed by atoms with van der Waals surface area (Å²) in [7, 11) is 0. The standard InChI is InChI=1S/C17H20FN5O/c18-12-3-1-4-13(11-12)21-16(24)7-10-23-9-2-5-14(23)17-20-8-6-15(19)22-17/h1,3-4,6,8,11,14H,2,5,7,9-10H2,(H,21,24)(H2,19,20,22). The number of rotatable bonds is 5. The molecule has 0 bridgehead atoms. The van der Waals surface area contributed by atoms with Crippen LogP contribution >= 0.6 is 0 Å². The minimum atomic E-state index is -0.369. The van der Waals surface area contributed by atoms with E-state index < -0.39 is 0 Å². The molecule has 3 N–H and O–H groups in total. The van der Waals surface area contributed by atoms with Gasteiger partial charge in [-0.1, -0.05) is 6.07 Å². The number of nitrogens with zero attached hydrogens (tertiary/aromatic N) is 3. The van der Waals surface area contributed by atoms with Crippen molar-refractivity contribution in [3.05, 3.63) is 48.2 Å². The molecule has 1 atom stereocenters. The first-order valence-electron chi connectivity index (χ1n) is 8.00. The summed E-state index contributed by atoms with van der Waals surface area (Å²) in [5, 5.41) is 2.71. The molecule has 0 spiro atoms. The Balaban J connectivity index is 1.56. The third-order valence-corrected chi connectivity index (χ3v) is 4.09. The van der Waals surface area contributed by atoms with E-state index in [9.17, 15) is 9.18 Å². The number of nitrogens with two attached hydrogens (primary N) is 1. The Morgan fingerprint density at radius 1 is 1.42 bits per heavy atom. The van der Waals surface area contributed by atoms with Gasteiger partial charge in [0.1, 0.15) is 17.5 Å². The number of nitrogen functional groups attached to an aromatic ring is 1. The van der Waals surface area contributed by atoms with Crippen LogP contribution in [0.3, 0.4) is 0 Å². The number of carbonyl (C=O) groups excluding carboxylic acids is 1. The number of benzene rings is 1. The Bertz CT molecular complexity index is 724. The van der Waals surface area contributed by atoms with E-state index in [1.165, 1.54) is 12.1 Å². The summed E-state index contributed by atoms with van der Waals surface area (Å²) in [5.74, 6) is 0.653. The summed E-state index contributed by atoms with van der Waals surface area (Å²) in [6, 6.07) is 7.64. The molecule has 3 rings (SSSR count). The molecule has 0 aliphatic carbocycles. The Labute approximate surface area is 139 Å². The van der Waals surface area contributed by atoms with Crippen molar-refractivity contribution in [1.82, 2.24) is 14.9 Å². The van der Waals surface area contributed by atoms with Gasteiger partial charge in [0.05, 0.1) is 6.04 Å². The van der Waals surface area contributed by atoms with Crippen LogP contribution in [0.1, 0.15) is 31.1 Å². The van der Waals surface area contributed by atoms with Crippen molar-refractivity contribution in [1.29, 1.82) is 0 Å². The van der Waals surface area contributed by atoms with Crippen LogP contribution < -0.4 is 11.1 Å². The highest BCUT2D eigenvalue weighted by Crippen LogP contribution is 2.29. The molecule has 1 aromatic carbocycles. The van der Waals surface area contributed by atoms with E-state index in [0.717, 1.165) is 19.4 Å². The lowest BCUT2D eigenvalue weighted by molar-refractivity contribution is -0.116. The predicted molar refractivity (Wildman–Crippen MR) is 89.6 cm³/mol. The van der Waals surface area contributed by atoms with E-state index in [1.807, 2.05) is 0 Å². The van der Waals surface area contributed by atoms with Gasteiger partial charge in [-0.2, -0.15) is 0 Å². The van der Waals surface area contributed by atoms with Crippen LogP contribution in [-0.4, -0.2) is 33.9 Å². The number of hydrogen-bond acceptors (Lipinski definition) is 5. The van der Waals surface area contributed by atoms with Gasteiger partial charge in [-0.3, -0.25) is 9.69 Å². The Hall–Kier alpha value is -2.54. The van der Waals surface area contributed by atoms with Crippen molar-refractivity contribution in [2.24, 2.45) is 0 Å². The smallest absolute Gasteiger partial charge is 0.225 e. The van der Waals surface area contributed by atoms with E-state index >= 15 is 0 Å². The van der Waals surface area contributed by atoms with E-state index in [0.29, 0.717) is 30.3 Å². The first-order chi connectivity index (χ1) is 11.6. The molecule has 1 fully saturated rings. The zero-order chi connectivity index (χ0) is 16.9. The zero-order valence-electron chi connectivity index (χ0n) is 13.3. The molecular weight excluding hydrogens is 309 g/mol. The number of carbonyl (C=O) groups is 1. The van der Waals surface area contributed by atoms with Crippen LogP contribution in [0.4, 0.5) is 15.9 Å². The molecule has 1 amide bonds. The van der Waals surface area contributed by atoms with Gasteiger partial charge in [0.15, 0.2) is 0 Å². The molecule has 0 radical (unpaired) electrons. The van der Waals surface area contributed by atoms with Crippen molar-refractivity contribution >= 4 is 17.4 Å². The van der Waals surface area contributed by atoms with Crippen molar-refractivity contribution in [3.63, 3.8) is 0 Å². The predicted octanol–water partition coefficient (Wildman–Crippen LogP) is 2.36. The lowest BCUT2D eigenvalue weighted by Crippen LogP contribution is -2.28. The minimum Gasteiger partial charge on any atom is -0.384 e. The van der Waals surface area contributed by atoms with Gasteiger partial charge >= 0.3 is 0 Å². The van der Waals surface area contributed by atoms with E-state index in [-0.39, 0.29) is 17.8 Å². The van der Waals surface area contributed by atoms with Gasteiger partial charge in [-0.15, -0.1) is 0 Å². The number of amides is 1. The van der Waals surface area contributed by atoms with Crippen LogP contribution in [0.25, 0.3) is 0 Å². The number of likely N-dealkylation sites (tertiary alicyclic amines) is 1. The molecule has 126 valence electrons. The summed E-state index contributed by atoms with van der Waals surface area (Å²) in [6.07, 6.45) is 3.98. The summed E-state index contributed by atoms with van der Waals surface area (Å²) in [4.78, 5) is 22.9. The van der Waals surface area contributed by atoms with Crippen molar-refractivity contribution < 1.29 is 9.18 Å². The second-order valence-electron chi connectivity index (χ2n) is 5.84. The number of nitrogens with one attached hydrogen (secondary N) is 1. The molecule has 1 saturated heterocycles. The number of aromatic nitrogens is 2. The van der Waals surface area contributed by atoms with E-state index in [1.54, 1.807) is 24.4 Å². The van der Waals surface area contributed by atoms with Crippen LogP contribution in [0, 0.1) is 5.82 Å². The van der Waals surface area contributed by atoms with Gasteiger partial charge in [0, 0.05) is 24.8 Å². The Kier molecular flexibility index (Phi) is 5.00. The number of anilines is 2. The van der Waals surface area contributed by atoms with Gasteiger partial charge in [0.25, 0.3) is 0 Å². The fraction of sp³-hybridized carbons (Fsp3) is 0.353. The highest BCUT2D eigenvalue weighted by Gasteiger charge is 2.28. The van der Waals surface area contributed by atoms with Crippen LogP contribution in [-0.2, 0) is 4.79 Å². The number of halogens is 1. The molecule has 2 aromatic rings. The van der Waals surface area contributed by atoms with Crippen molar-refractivity contribution in [2.45, 2.75) is 25.3 Å². The first-order valence-corrected chi connectivity index (χ1v) is 8.00. The second kappa shape index (κ2) is 7.35. The molecule has 24 heavy (non-hydrogen) atoms. The topological polar surface area (TPSA) is 84.1 Å². The minimum absolute atomic E-state index is 0.0930. The molecule has 2 heterocycles. The summed E-state index contributed by atoms with van der Waals surface area (Å²) in [5.41, 5.74) is 6.20. The summed E-state index contributed by atoms with van der Waals surface area (Å²) in [6.45, 7) is 1.50. The summed E-state index contributed by atoms with van der Waals surface area (Å²) < 4.78 is 13.1. The molecule has 1 aliphatic rings. The van der Waals surface area contributed by atoms with Gasteiger partial charge in [-0.05, 0) is 43.7 Å². The van der Waals surface area contributed by atoms with Gasteiger partial charge < -0.3 is 11.1 Å². The molecule has 6 nitrogen and oxygen atoms in total. The SMILES string of the molecule is Nc1ccnc(C2CCCN2CCC(=O)Nc2cccc(F)c2)n1. The molecule has 1 aliphatic heterocycles. The Morgan fingerprint density at radius 2 is 2.29 bits per heavy atom. The van der Waals surface area contributed by atoms with Crippen LogP contribution in [0.5, 0.6) is 0 Å². The van der Waals surface area contributed by atoms with Crippen LogP contribution in [0.2, 0.25) is 0 Å². The number of hydrogen-bond donors (Lipinski definition) is 2. The fourth-order valence-electron chi connectivity index (χ4n) is 2.97. The lowest BCUT2D eigenvalue weighted by Gasteiger charge is -2.23. The Morgan fingerprint density at radius 3 is 3.08 bits per heavy atom. The molecule has 0 saturated carbocycles. The van der Waals surface area contributed by atoms with E-state index in [2.05, 4.69) is 20.2 Å². The lowest BCUT2D eigenvalue weighted by atomic mass is 10.2. The average Bonchev–Trinajstić information content (AvgIpc) is 3.01. The largest absolute Gasteiger partial charge is 0.384 e. The first kappa shape index (κ1) is 16.3. The van der Waals surface area contributed by atoms with Crippen molar-refractivity contribution in [3.8, 4) is 0 Å². The summed E-state index contributed by atoms with van der Waals surface area (Å²) >= 11 is 0. The monoisotopic (exact) mass is 329 g/mol. The average molecular weight is 329 g/mol. The van der Waals surface area contributed by atoms with Gasteiger partial charge in [-0.25, -0.2) is 14.4 Å². The second-order valence-corrected chi connectivity index (χ2v) is 5.84. The van der Waals surface area contributed by atoms with Crippen molar-refractivity contribution in [2.75, 3.05) is 24.1 Å². The zero-order valence-corrected chi connectivity index (χ0v) is 13.3. The van der Waals surface area contributed by atoms with E-state index in [4.69, 9.17) is 5.73 Å². The third-order valence-electron chi connectivity index (χ3n) is 4.09. The maximum Gasteiger partial charge on any atom is 0.225 e. The molecule has 1 aromatic heterocycles. The highest BCUT2D eigenvalue weighted by atomic mass is 19.1. The highest BCUT2D eigenvalue weighted by molar-refractivity contribution is 5.90. The maximum absolute atomic E-state index is 13.1. The quantitative estimate of drug-likeness (QED) is 0.880. The normalized spacial score (nSPS) is 17.8. The fourth-order valence-corrected chi connectivity index (χ4v) is 2.97. The molecule has 7 heteroatoms.